The number of carbonyl (C=O) groups excluding carboxylic acids is 1. The summed E-state index contributed by atoms with van der Waals surface area (Å²) in [4.78, 5) is 14.3. The van der Waals surface area contributed by atoms with Crippen LogP contribution in [0.4, 0.5) is 0 Å². The Labute approximate surface area is 108 Å². The van der Waals surface area contributed by atoms with E-state index >= 15 is 0 Å². The van der Waals surface area contributed by atoms with Crippen LogP contribution >= 0.6 is 0 Å². The number of rotatable bonds is 3. The smallest absolute Gasteiger partial charge is 0.243 e. The molecule has 0 bridgehead atoms. The van der Waals surface area contributed by atoms with Gasteiger partial charge in [0.1, 0.15) is 5.41 Å². The van der Waals surface area contributed by atoms with E-state index in [9.17, 15) is 10.1 Å². The van der Waals surface area contributed by atoms with Crippen molar-refractivity contribution in [2.24, 2.45) is 5.41 Å². The van der Waals surface area contributed by atoms with Crippen molar-refractivity contribution in [3.05, 3.63) is 0 Å². The summed E-state index contributed by atoms with van der Waals surface area (Å²) in [5.74, 6) is -0.00750. The van der Waals surface area contributed by atoms with Gasteiger partial charge in [-0.1, -0.05) is 12.8 Å². The van der Waals surface area contributed by atoms with Gasteiger partial charge in [0.05, 0.1) is 25.4 Å². The lowest BCUT2D eigenvalue weighted by atomic mass is 9.86. The summed E-state index contributed by atoms with van der Waals surface area (Å²) in [5, 5.41) is 9.33. The maximum atomic E-state index is 12.5. The summed E-state index contributed by atoms with van der Waals surface area (Å²) in [7, 11) is 1.62. The van der Waals surface area contributed by atoms with E-state index in [0.717, 1.165) is 12.8 Å². The first-order chi connectivity index (χ1) is 8.72. The molecule has 18 heavy (non-hydrogen) atoms. The quantitative estimate of drug-likeness (QED) is 0.750. The van der Waals surface area contributed by atoms with Gasteiger partial charge in [-0.15, -0.1) is 0 Å². The average Bonchev–Trinajstić information content (AvgIpc) is 2.88. The molecule has 5 nitrogen and oxygen atoms in total. The van der Waals surface area contributed by atoms with Gasteiger partial charge in [0, 0.05) is 20.2 Å². The molecular weight excluding hydrogens is 232 g/mol. The molecule has 1 saturated carbocycles. The molecule has 2 aliphatic rings. The second kappa shape index (κ2) is 5.68. The van der Waals surface area contributed by atoms with E-state index in [1.165, 1.54) is 0 Å². The van der Waals surface area contributed by atoms with E-state index in [1.807, 2.05) is 0 Å². The fourth-order valence-corrected chi connectivity index (χ4v) is 2.85. The zero-order valence-electron chi connectivity index (χ0n) is 10.9. The summed E-state index contributed by atoms with van der Waals surface area (Å²) in [5.41, 5.74) is -0.769. The van der Waals surface area contributed by atoms with E-state index in [2.05, 4.69) is 6.07 Å². The lowest BCUT2D eigenvalue weighted by Gasteiger charge is -2.36. The van der Waals surface area contributed by atoms with Crippen molar-refractivity contribution >= 4 is 5.91 Å². The van der Waals surface area contributed by atoms with Crippen molar-refractivity contribution in [3.8, 4) is 6.07 Å². The minimum Gasteiger partial charge on any atom is -0.382 e. The molecule has 1 unspecified atom stereocenters. The number of carbonyl (C=O) groups is 1. The van der Waals surface area contributed by atoms with Gasteiger partial charge in [0.25, 0.3) is 0 Å². The molecule has 1 amide bonds. The summed E-state index contributed by atoms with van der Waals surface area (Å²) >= 11 is 0. The molecule has 0 radical (unpaired) electrons. The summed E-state index contributed by atoms with van der Waals surface area (Å²) < 4.78 is 10.6. The monoisotopic (exact) mass is 252 g/mol. The number of morpholine rings is 1. The Morgan fingerprint density at radius 2 is 2.28 bits per heavy atom. The number of ether oxygens (including phenoxy) is 2. The SMILES string of the molecule is COCC1CN(C(=O)C2(C#N)CCCC2)CCO1. The number of nitriles is 1. The molecule has 2 fully saturated rings. The van der Waals surface area contributed by atoms with Crippen LogP contribution in [0.25, 0.3) is 0 Å². The van der Waals surface area contributed by atoms with Crippen LogP contribution in [0, 0.1) is 16.7 Å². The maximum absolute atomic E-state index is 12.5. The van der Waals surface area contributed by atoms with Crippen molar-refractivity contribution < 1.29 is 14.3 Å². The second-order valence-corrected chi connectivity index (χ2v) is 5.10. The predicted octanol–water partition coefficient (Wildman–Crippen LogP) is 0.944. The number of methoxy groups -OCH3 is 1. The van der Waals surface area contributed by atoms with E-state index in [0.29, 0.717) is 39.1 Å². The van der Waals surface area contributed by atoms with Crippen LogP contribution < -0.4 is 0 Å². The van der Waals surface area contributed by atoms with Crippen molar-refractivity contribution in [1.82, 2.24) is 4.90 Å². The standard InChI is InChI=1S/C13H20N2O3/c1-17-9-11-8-15(6-7-18-11)12(16)13(10-14)4-2-3-5-13/h11H,2-9H2,1H3. The van der Waals surface area contributed by atoms with E-state index in [4.69, 9.17) is 9.47 Å². The summed E-state index contributed by atoms with van der Waals surface area (Å²) in [6.45, 7) is 2.14. The van der Waals surface area contributed by atoms with Crippen LogP contribution in [-0.4, -0.2) is 50.3 Å². The average molecular weight is 252 g/mol. The fourth-order valence-electron chi connectivity index (χ4n) is 2.85. The van der Waals surface area contributed by atoms with Gasteiger partial charge >= 0.3 is 0 Å². The van der Waals surface area contributed by atoms with E-state index in [1.54, 1.807) is 12.0 Å². The molecular formula is C13H20N2O3. The van der Waals surface area contributed by atoms with E-state index < -0.39 is 5.41 Å². The third-order valence-corrected chi connectivity index (χ3v) is 3.86. The number of hydrogen-bond acceptors (Lipinski definition) is 4. The number of nitrogens with zero attached hydrogens (tertiary/aromatic N) is 2. The molecule has 0 spiro atoms. The normalized spacial score (nSPS) is 26.9. The third kappa shape index (κ3) is 2.50. The first-order valence-electron chi connectivity index (χ1n) is 6.53. The molecule has 0 N–H and O–H groups in total. The molecule has 1 aliphatic heterocycles. The largest absolute Gasteiger partial charge is 0.382 e. The first kappa shape index (κ1) is 13.3. The molecule has 0 aromatic carbocycles. The Bertz CT molecular complexity index is 343. The van der Waals surface area contributed by atoms with Crippen molar-refractivity contribution in [3.63, 3.8) is 0 Å². The molecule has 2 rings (SSSR count). The van der Waals surface area contributed by atoms with Crippen LogP contribution in [0.1, 0.15) is 25.7 Å². The van der Waals surface area contributed by atoms with Crippen molar-refractivity contribution in [1.29, 1.82) is 5.26 Å². The van der Waals surface area contributed by atoms with Crippen LogP contribution in [0.2, 0.25) is 0 Å². The van der Waals surface area contributed by atoms with Crippen LogP contribution in [-0.2, 0) is 14.3 Å². The highest BCUT2D eigenvalue weighted by Crippen LogP contribution is 2.39. The molecule has 1 atom stereocenters. The minimum atomic E-state index is -0.769. The van der Waals surface area contributed by atoms with Crippen molar-refractivity contribution in [2.75, 3.05) is 33.4 Å². The zero-order valence-corrected chi connectivity index (χ0v) is 10.9. The van der Waals surface area contributed by atoms with Gasteiger partial charge in [-0.3, -0.25) is 4.79 Å². The second-order valence-electron chi connectivity index (χ2n) is 5.10. The molecule has 1 saturated heterocycles. The highest BCUT2D eigenvalue weighted by molar-refractivity contribution is 5.86. The number of amides is 1. The van der Waals surface area contributed by atoms with Crippen LogP contribution in [0.3, 0.4) is 0 Å². The highest BCUT2D eigenvalue weighted by atomic mass is 16.5. The fraction of sp³-hybridized carbons (Fsp3) is 0.846. The maximum Gasteiger partial charge on any atom is 0.243 e. The molecule has 5 heteroatoms. The molecule has 1 heterocycles. The van der Waals surface area contributed by atoms with Gasteiger partial charge < -0.3 is 14.4 Å². The number of hydrogen-bond donors (Lipinski definition) is 0. The molecule has 0 aromatic heterocycles. The van der Waals surface area contributed by atoms with E-state index in [-0.39, 0.29) is 12.0 Å². The minimum absolute atomic E-state index is 0.00750. The molecule has 0 aromatic rings. The van der Waals surface area contributed by atoms with Crippen LogP contribution in [0.5, 0.6) is 0 Å². The van der Waals surface area contributed by atoms with Gasteiger partial charge in [-0.25, -0.2) is 0 Å². The zero-order chi connectivity index (χ0) is 13.0. The highest BCUT2D eigenvalue weighted by Gasteiger charge is 2.44. The van der Waals surface area contributed by atoms with Crippen LogP contribution in [0.15, 0.2) is 0 Å². The molecule has 1 aliphatic carbocycles. The Balaban J connectivity index is 2.02. The predicted molar refractivity (Wildman–Crippen MR) is 64.7 cm³/mol. The Hall–Kier alpha value is -1.12. The summed E-state index contributed by atoms with van der Waals surface area (Å²) in [6.07, 6.45) is 3.30. The Kier molecular flexibility index (Phi) is 4.20. The Morgan fingerprint density at radius 1 is 1.56 bits per heavy atom. The topological polar surface area (TPSA) is 62.6 Å². The van der Waals surface area contributed by atoms with Gasteiger partial charge in [-0.2, -0.15) is 5.26 Å². The van der Waals surface area contributed by atoms with Gasteiger partial charge in [0.2, 0.25) is 5.91 Å². The lowest BCUT2D eigenvalue weighted by Crippen LogP contribution is -2.51. The third-order valence-electron chi connectivity index (χ3n) is 3.86. The first-order valence-corrected chi connectivity index (χ1v) is 6.53. The molecule has 100 valence electrons. The van der Waals surface area contributed by atoms with Crippen molar-refractivity contribution in [2.45, 2.75) is 31.8 Å². The summed E-state index contributed by atoms with van der Waals surface area (Å²) in [6, 6.07) is 2.26. The van der Waals surface area contributed by atoms with Gasteiger partial charge in [0.15, 0.2) is 0 Å². The lowest BCUT2D eigenvalue weighted by molar-refractivity contribution is -0.148. The Morgan fingerprint density at radius 3 is 2.89 bits per heavy atom. The van der Waals surface area contributed by atoms with Gasteiger partial charge in [-0.05, 0) is 12.8 Å².